The zero-order valence-electron chi connectivity index (χ0n) is 8.97. The fourth-order valence-electron chi connectivity index (χ4n) is 1.45. The van der Waals surface area contributed by atoms with E-state index in [4.69, 9.17) is 4.74 Å². The molecule has 0 saturated heterocycles. The quantitative estimate of drug-likeness (QED) is 0.764. The van der Waals surface area contributed by atoms with Crippen molar-refractivity contribution in [1.82, 2.24) is 9.78 Å². The topological polar surface area (TPSA) is 27.1 Å². The molecule has 0 saturated carbocycles. The van der Waals surface area contributed by atoms with Crippen LogP contribution in [0.15, 0.2) is 36.5 Å². The minimum Gasteiger partial charge on any atom is -0.497 e. The van der Waals surface area contributed by atoms with Gasteiger partial charge in [-0.15, -0.1) is 0 Å². The van der Waals surface area contributed by atoms with Crippen LogP contribution in [-0.2, 0) is 6.42 Å². The lowest BCUT2D eigenvalue weighted by molar-refractivity contribution is 0.414. The molecule has 0 atom stereocenters. The Balaban J connectivity index is 2.35. The lowest BCUT2D eigenvalue weighted by atomic mass is 10.3. The van der Waals surface area contributed by atoms with Crippen LogP contribution in [0, 0.1) is 0 Å². The molecule has 0 bridgehead atoms. The summed E-state index contributed by atoms with van der Waals surface area (Å²) in [7, 11) is 1.67. The Morgan fingerprint density at radius 1 is 1.33 bits per heavy atom. The molecule has 1 heterocycles. The molecule has 3 heteroatoms. The maximum absolute atomic E-state index is 5.17. The average molecular weight is 202 g/mol. The molecule has 0 fully saturated rings. The summed E-state index contributed by atoms with van der Waals surface area (Å²) in [5.74, 6) is 0.848. The van der Waals surface area contributed by atoms with E-state index < -0.39 is 0 Å². The molecule has 0 aliphatic heterocycles. The highest BCUT2D eigenvalue weighted by Crippen LogP contribution is 2.15. The van der Waals surface area contributed by atoms with Crippen molar-refractivity contribution in [2.24, 2.45) is 0 Å². The Labute approximate surface area is 89.3 Å². The van der Waals surface area contributed by atoms with Gasteiger partial charge < -0.3 is 4.74 Å². The van der Waals surface area contributed by atoms with Crippen LogP contribution in [-0.4, -0.2) is 16.9 Å². The first-order valence-corrected chi connectivity index (χ1v) is 5.02. The first kappa shape index (κ1) is 9.77. The van der Waals surface area contributed by atoms with Crippen molar-refractivity contribution < 1.29 is 4.74 Å². The molecule has 0 amide bonds. The van der Waals surface area contributed by atoms with Gasteiger partial charge in [0.25, 0.3) is 0 Å². The highest BCUT2D eigenvalue weighted by molar-refractivity contribution is 5.38. The van der Waals surface area contributed by atoms with Gasteiger partial charge in [0, 0.05) is 12.3 Å². The number of aromatic nitrogens is 2. The van der Waals surface area contributed by atoms with Gasteiger partial charge in [-0.05, 0) is 24.6 Å². The number of ether oxygens (including phenoxy) is 1. The van der Waals surface area contributed by atoms with E-state index in [1.165, 1.54) is 0 Å². The van der Waals surface area contributed by atoms with Gasteiger partial charge >= 0.3 is 0 Å². The summed E-state index contributed by atoms with van der Waals surface area (Å²) in [4.78, 5) is 0. The highest BCUT2D eigenvalue weighted by Gasteiger charge is 2.00. The monoisotopic (exact) mass is 202 g/mol. The molecular formula is C12H14N2O. The molecule has 0 N–H and O–H groups in total. The van der Waals surface area contributed by atoms with Gasteiger partial charge in [-0.3, -0.25) is 0 Å². The third kappa shape index (κ3) is 2.01. The maximum atomic E-state index is 5.17. The van der Waals surface area contributed by atoms with E-state index in [-0.39, 0.29) is 0 Å². The Kier molecular flexibility index (Phi) is 2.72. The Morgan fingerprint density at radius 3 is 2.87 bits per heavy atom. The maximum Gasteiger partial charge on any atom is 0.121 e. The first-order chi connectivity index (χ1) is 7.33. The molecule has 3 nitrogen and oxygen atoms in total. The van der Waals surface area contributed by atoms with E-state index >= 15 is 0 Å². The van der Waals surface area contributed by atoms with Crippen LogP contribution in [0.3, 0.4) is 0 Å². The van der Waals surface area contributed by atoms with E-state index in [0.717, 1.165) is 23.6 Å². The minimum atomic E-state index is 0.848. The van der Waals surface area contributed by atoms with Gasteiger partial charge in [-0.1, -0.05) is 13.0 Å². The van der Waals surface area contributed by atoms with Crippen molar-refractivity contribution in [2.45, 2.75) is 13.3 Å². The number of methoxy groups -OCH3 is 1. The third-order valence-electron chi connectivity index (χ3n) is 2.32. The van der Waals surface area contributed by atoms with E-state index in [1.807, 2.05) is 41.2 Å². The first-order valence-electron chi connectivity index (χ1n) is 5.02. The molecule has 1 aromatic heterocycles. The van der Waals surface area contributed by atoms with Gasteiger partial charge in [-0.2, -0.15) is 5.10 Å². The second-order valence-electron chi connectivity index (χ2n) is 3.31. The average Bonchev–Trinajstić information content (AvgIpc) is 2.78. The van der Waals surface area contributed by atoms with Gasteiger partial charge in [0.1, 0.15) is 5.75 Å². The molecule has 0 radical (unpaired) electrons. The van der Waals surface area contributed by atoms with Crippen LogP contribution in [0.4, 0.5) is 0 Å². The Bertz CT molecular complexity index is 448. The Morgan fingerprint density at radius 2 is 2.20 bits per heavy atom. The number of hydrogen-bond donors (Lipinski definition) is 0. The zero-order valence-corrected chi connectivity index (χ0v) is 8.97. The summed E-state index contributed by atoms with van der Waals surface area (Å²) in [6.07, 6.45) is 2.92. The van der Waals surface area contributed by atoms with Crippen LogP contribution < -0.4 is 4.74 Å². The van der Waals surface area contributed by atoms with Crippen molar-refractivity contribution in [3.8, 4) is 11.4 Å². The normalized spacial score (nSPS) is 10.3. The van der Waals surface area contributed by atoms with Crippen LogP contribution in [0.25, 0.3) is 5.69 Å². The summed E-state index contributed by atoms with van der Waals surface area (Å²) in [5, 5.41) is 4.44. The predicted molar refractivity (Wildman–Crippen MR) is 59.5 cm³/mol. The lowest BCUT2D eigenvalue weighted by Crippen LogP contribution is -1.96. The molecule has 15 heavy (non-hydrogen) atoms. The second kappa shape index (κ2) is 4.17. The third-order valence-corrected chi connectivity index (χ3v) is 2.32. The molecule has 78 valence electrons. The summed E-state index contributed by atoms with van der Waals surface area (Å²) >= 11 is 0. The van der Waals surface area contributed by atoms with E-state index in [9.17, 15) is 0 Å². The molecule has 2 rings (SSSR count). The second-order valence-corrected chi connectivity index (χ2v) is 3.31. The highest BCUT2D eigenvalue weighted by atomic mass is 16.5. The molecule has 0 spiro atoms. The summed E-state index contributed by atoms with van der Waals surface area (Å²) in [6, 6.07) is 9.88. The standard InChI is InChI=1S/C12H14N2O/c1-3-10-7-8-14(13-10)11-5-4-6-12(9-11)15-2/h4-9H,3H2,1-2H3. The number of benzene rings is 1. The van der Waals surface area contributed by atoms with Crippen molar-refractivity contribution >= 4 is 0 Å². The predicted octanol–water partition coefficient (Wildman–Crippen LogP) is 2.44. The molecule has 2 aromatic rings. The number of hydrogen-bond acceptors (Lipinski definition) is 2. The van der Waals surface area contributed by atoms with E-state index in [0.29, 0.717) is 0 Å². The van der Waals surface area contributed by atoms with Crippen LogP contribution >= 0.6 is 0 Å². The lowest BCUT2D eigenvalue weighted by Gasteiger charge is -2.03. The summed E-state index contributed by atoms with van der Waals surface area (Å²) in [5.41, 5.74) is 2.12. The fraction of sp³-hybridized carbons (Fsp3) is 0.250. The summed E-state index contributed by atoms with van der Waals surface area (Å²) in [6.45, 7) is 2.10. The Hall–Kier alpha value is -1.77. The van der Waals surface area contributed by atoms with Crippen LogP contribution in [0.1, 0.15) is 12.6 Å². The summed E-state index contributed by atoms with van der Waals surface area (Å²) < 4.78 is 7.03. The van der Waals surface area contributed by atoms with Crippen molar-refractivity contribution in [3.63, 3.8) is 0 Å². The van der Waals surface area contributed by atoms with Gasteiger partial charge in [0.15, 0.2) is 0 Å². The molecule has 1 aromatic carbocycles. The molecule has 0 aliphatic carbocycles. The molecule has 0 aliphatic rings. The number of nitrogens with zero attached hydrogens (tertiary/aromatic N) is 2. The minimum absolute atomic E-state index is 0.848. The SMILES string of the molecule is CCc1ccn(-c2cccc(OC)c2)n1. The van der Waals surface area contributed by atoms with Crippen molar-refractivity contribution in [3.05, 3.63) is 42.2 Å². The number of rotatable bonds is 3. The largest absolute Gasteiger partial charge is 0.497 e. The number of aryl methyl sites for hydroxylation is 1. The van der Waals surface area contributed by atoms with E-state index in [2.05, 4.69) is 12.0 Å². The molecule has 0 unspecified atom stereocenters. The zero-order chi connectivity index (χ0) is 10.7. The molecular weight excluding hydrogens is 188 g/mol. The van der Waals surface area contributed by atoms with Crippen molar-refractivity contribution in [2.75, 3.05) is 7.11 Å². The van der Waals surface area contributed by atoms with Gasteiger partial charge in [0.2, 0.25) is 0 Å². The van der Waals surface area contributed by atoms with Gasteiger partial charge in [0.05, 0.1) is 18.5 Å². The van der Waals surface area contributed by atoms with E-state index in [1.54, 1.807) is 7.11 Å². The van der Waals surface area contributed by atoms with Crippen LogP contribution in [0.5, 0.6) is 5.75 Å². The van der Waals surface area contributed by atoms with Crippen LogP contribution in [0.2, 0.25) is 0 Å². The fourth-order valence-corrected chi connectivity index (χ4v) is 1.45. The van der Waals surface area contributed by atoms with Crippen molar-refractivity contribution in [1.29, 1.82) is 0 Å². The smallest absolute Gasteiger partial charge is 0.121 e. The van der Waals surface area contributed by atoms with Gasteiger partial charge in [-0.25, -0.2) is 4.68 Å².